The van der Waals surface area contributed by atoms with E-state index in [0.29, 0.717) is 5.88 Å². The molecule has 0 N–H and O–H groups in total. The van der Waals surface area contributed by atoms with Crippen LogP contribution in [0.1, 0.15) is 6.92 Å². The van der Waals surface area contributed by atoms with Gasteiger partial charge in [0, 0.05) is 6.07 Å². The molecule has 84 valence electrons. The van der Waals surface area contributed by atoms with Gasteiger partial charge in [-0.25, -0.2) is 0 Å². The van der Waals surface area contributed by atoms with E-state index in [9.17, 15) is 8.42 Å². The number of halogens is 1. The van der Waals surface area contributed by atoms with Gasteiger partial charge in [-0.3, -0.25) is 0 Å². The van der Waals surface area contributed by atoms with Crippen molar-refractivity contribution < 1.29 is 17.3 Å². The number of pyridine rings is 1. The molecule has 0 radical (unpaired) electrons. The van der Waals surface area contributed by atoms with Crippen molar-refractivity contribution in [3.63, 3.8) is 0 Å². The van der Waals surface area contributed by atoms with Crippen molar-refractivity contribution in [2.24, 2.45) is 0 Å². The first-order valence-electron chi connectivity index (χ1n) is 4.11. The van der Waals surface area contributed by atoms with E-state index >= 15 is 0 Å². The van der Waals surface area contributed by atoms with Crippen LogP contribution in [0.2, 0.25) is 5.15 Å². The second-order valence-electron chi connectivity index (χ2n) is 2.57. The van der Waals surface area contributed by atoms with Crippen molar-refractivity contribution in [1.82, 2.24) is 4.98 Å². The molecule has 5 nitrogen and oxygen atoms in total. The van der Waals surface area contributed by atoms with Crippen molar-refractivity contribution in [1.29, 1.82) is 0 Å². The molecule has 0 spiro atoms. The fourth-order valence-corrected chi connectivity index (χ4v) is 1.53. The van der Waals surface area contributed by atoms with E-state index in [1.165, 1.54) is 26.2 Å². The molecule has 0 saturated carbocycles. The van der Waals surface area contributed by atoms with Gasteiger partial charge in [-0.1, -0.05) is 11.6 Å². The van der Waals surface area contributed by atoms with Gasteiger partial charge in [0.2, 0.25) is 5.88 Å². The van der Waals surface area contributed by atoms with Crippen LogP contribution in [0.5, 0.6) is 11.6 Å². The topological polar surface area (TPSA) is 65.5 Å². The second-order valence-corrected chi connectivity index (χ2v) is 4.79. The Morgan fingerprint density at radius 3 is 2.60 bits per heavy atom. The molecule has 0 amide bonds. The molecule has 0 aromatic carbocycles. The summed E-state index contributed by atoms with van der Waals surface area (Å²) in [6.45, 7) is 1.47. The Hall–Kier alpha value is -1.01. The third-order valence-electron chi connectivity index (χ3n) is 1.57. The first kappa shape index (κ1) is 12.1. The molecule has 0 aliphatic heterocycles. The summed E-state index contributed by atoms with van der Waals surface area (Å²) in [5, 5.41) is -0.0497. The lowest BCUT2D eigenvalue weighted by Crippen LogP contribution is -2.11. The van der Waals surface area contributed by atoms with Gasteiger partial charge in [0.1, 0.15) is 0 Å². The van der Waals surface area contributed by atoms with E-state index in [2.05, 4.69) is 4.98 Å². The minimum Gasteiger partial charge on any atom is -0.481 e. The molecule has 0 saturated heterocycles. The highest BCUT2D eigenvalue weighted by atomic mass is 35.5. The number of nitrogens with zero attached hydrogens (tertiary/aromatic N) is 1. The maximum absolute atomic E-state index is 11.1. The lowest BCUT2D eigenvalue weighted by Gasteiger charge is -2.06. The SMILES string of the molecule is CCS(=O)(=O)Oc1ccc(OC)nc1Cl. The molecular formula is C8H10ClNO4S. The number of hydrogen-bond donors (Lipinski definition) is 0. The standard InChI is InChI=1S/C8H10ClNO4S/c1-3-15(11,12)14-6-4-5-7(13-2)10-8(6)9/h4-5H,3H2,1-2H3. The van der Waals surface area contributed by atoms with Gasteiger partial charge in [0.15, 0.2) is 10.9 Å². The predicted octanol–water partition coefficient (Wildman–Crippen LogP) is 1.47. The Morgan fingerprint density at radius 1 is 1.47 bits per heavy atom. The van der Waals surface area contributed by atoms with Crippen molar-refractivity contribution in [3.8, 4) is 11.6 Å². The predicted molar refractivity (Wildman–Crippen MR) is 55.9 cm³/mol. The molecule has 1 rings (SSSR count). The summed E-state index contributed by atoms with van der Waals surface area (Å²) in [7, 11) is -2.15. The Balaban J connectivity index is 2.97. The molecule has 1 aromatic rings. The maximum atomic E-state index is 11.1. The van der Waals surface area contributed by atoms with Gasteiger partial charge in [0.25, 0.3) is 0 Å². The number of methoxy groups -OCH3 is 1. The third kappa shape index (κ3) is 3.24. The van der Waals surface area contributed by atoms with Crippen LogP contribution >= 0.6 is 11.6 Å². The number of hydrogen-bond acceptors (Lipinski definition) is 5. The largest absolute Gasteiger partial charge is 0.481 e. The zero-order chi connectivity index (χ0) is 11.5. The average molecular weight is 252 g/mol. The molecule has 1 heterocycles. The first-order chi connectivity index (χ1) is 6.98. The molecule has 15 heavy (non-hydrogen) atoms. The zero-order valence-electron chi connectivity index (χ0n) is 8.23. The van der Waals surface area contributed by atoms with Crippen molar-refractivity contribution in [2.45, 2.75) is 6.92 Å². The van der Waals surface area contributed by atoms with E-state index in [4.69, 9.17) is 20.5 Å². The van der Waals surface area contributed by atoms with Crippen LogP contribution in [0.3, 0.4) is 0 Å². The van der Waals surface area contributed by atoms with Crippen molar-refractivity contribution in [3.05, 3.63) is 17.3 Å². The molecule has 7 heteroatoms. The van der Waals surface area contributed by atoms with Crippen molar-refractivity contribution in [2.75, 3.05) is 12.9 Å². The Bertz CT molecular complexity index is 446. The minimum absolute atomic E-state index is 0.000633. The highest BCUT2D eigenvalue weighted by Crippen LogP contribution is 2.25. The summed E-state index contributed by atoms with van der Waals surface area (Å²) < 4.78 is 31.8. The van der Waals surface area contributed by atoms with E-state index in [1.54, 1.807) is 0 Å². The quantitative estimate of drug-likeness (QED) is 0.599. The molecule has 0 aliphatic rings. The average Bonchev–Trinajstić information content (AvgIpc) is 2.21. The van der Waals surface area contributed by atoms with Gasteiger partial charge in [-0.05, 0) is 13.0 Å². The summed E-state index contributed by atoms with van der Waals surface area (Å²) in [5.74, 6) is 0.163. The smallest absolute Gasteiger partial charge is 0.309 e. The fourth-order valence-electron chi connectivity index (χ4n) is 0.776. The maximum Gasteiger partial charge on any atom is 0.309 e. The summed E-state index contributed by atoms with van der Waals surface area (Å²) in [6.07, 6.45) is 0. The third-order valence-corrected chi connectivity index (χ3v) is 2.98. The molecular weight excluding hydrogens is 242 g/mol. The summed E-state index contributed by atoms with van der Waals surface area (Å²) in [5.41, 5.74) is 0. The number of aromatic nitrogens is 1. The van der Waals surface area contributed by atoms with E-state index in [1.807, 2.05) is 0 Å². The number of rotatable bonds is 4. The lowest BCUT2D eigenvalue weighted by molar-refractivity contribution is 0.396. The molecule has 0 aliphatic carbocycles. The van der Waals surface area contributed by atoms with Crippen LogP contribution in [0, 0.1) is 0 Å². The molecule has 0 fully saturated rings. The Morgan fingerprint density at radius 2 is 2.13 bits per heavy atom. The number of ether oxygens (including phenoxy) is 1. The molecule has 0 unspecified atom stereocenters. The van der Waals surface area contributed by atoms with Gasteiger partial charge in [0.05, 0.1) is 12.9 Å². The van der Waals surface area contributed by atoms with Gasteiger partial charge in [-0.15, -0.1) is 0 Å². The summed E-state index contributed by atoms with van der Waals surface area (Å²) in [4.78, 5) is 3.76. The molecule has 0 bridgehead atoms. The Labute approximate surface area is 93.1 Å². The highest BCUT2D eigenvalue weighted by molar-refractivity contribution is 7.87. The molecule has 1 aromatic heterocycles. The minimum atomic E-state index is -3.58. The van der Waals surface area contributed by atoms with Crippen LogP contribution < -0.4 is 8.92 Å². The molecule has 0 atom stereocenters. The Kier molecular flexibility index (Phi) is 3.76. The first-order valence-corrected chi connectivity index (χ1v) is 6.06. The summed E-state index contributed by atoms with van der Waals surface area (Å²) >= 11 is 5.69. The monoisotopic (exact) mass is 251 g/mol. The van der Waals surface area contributed by atoms with E-state index in [0.717, 1.165) is 0 Å². The van der Waals surface area contributed by atoms with Crippen LogP contribution in [0.15, 0.2) is 12.1 Å². The van der Waals surface area contributed by atoms with Crippen LogP contribution in [-0.4, -0.2) is 26.3 Å². The second kappa shape index (κ2) is 4.67. The van der Waals surface area contributed by atoms with Gasteiger partial charge in [-0.2, -0.15) is 13.4 Å². The fraction of sp³-hybridized carbons (Fsp3) is 0.375. The van der Waals surface area contributed by atoms with Gasteiger partial charge < -0.3 is 8.92 Å². The zero-order valence-corrected chi connectivity index (χ0v) is 9.80. The van der Waals surface area contributed by atoms with E-state index < -0.39 is 10.1 Å². The van der Waals surface area contributed by atoms with Crippen LogP contribution in [-0.2, 0) is 10.1 Å². The van der Waals surface area contributed by atoms with Crippen LogP contribution in [0.25, 0.3) is 0 Å². The normalized spacial score (nSPS) is 11.1. The van der Waals surface area contributed by atoms with E-state index in [-0.39, 0.29) is 16.7 Å². The highest BCUT2D eigenvalue weighted by Gasteiger charge is 2.13. The lowest BCUT2D eigenvalue weighted by atomic mass is 10.4. The van der Waals surface area contributed by atoms with Gasteiger partial charge >= 0.3 is 10.1 Å². The summed E-state index contributed by atoms with van der Waals surface area (Å²) in [6, 6.07) is 2.85. The van der Waals surface area contributed by atoms with Crippen molar-refractivity contribution >= 4 is 21.7 Å². The van der Waals surface area contributed by atoms with Crippen LogP contribution in [0.4, 0.5) is 0 Å².